The topological polar surface area (TPSA) is 61.3 Å². The van der Waals surface area contributed by atoms with E-state index in [0.717, 1.165) is 62.5 Å². The highest BCUT2D eigenvalue weighted by Crippen LogP contribution is 2.22. The molecule has 24 heavy (non-hydrogen) atoms. The molecule has 2 aliphatic rings. The van der Waals surface area contributed by atoms with Crippen LogP contribution in [0.1, 0.15) is 18.5 Å². The van der Waals surface area contributed by atoms with E-state index in [0.29, 0.717) is 0 Å². The number of anilines is 3. The number of piperazine rings is 1. The van der Waals surface area contributed by atoms with Crippen LogP contribution in [0.15, 0.2) is 24.7 Å². The lowest BCUT2D eigenvalue weighted by molar-refractivity contribution is 0.631. The molecule has 0 radical (unpaired) electrons. The molecule has 4 rings (SSSR count). The van der Waals surface area contributed by atoms with E-state index in [2.05, 4.69) is 29.7 Å². The van der Waals surface area contributed by atoms with Gasteiger partial charge in [0, 0.05) is 57.9 Å². The first kappa shape index (κ1) is 15.1. The van der Waals surface area contributed by atoms with Gasteiger partial charge in [-0.2, -0.15) is 4.98 Å². The van der Waals surface area contributed by atoms with Crippen LogP contribution in [0.3, 0.4) is 0 Å². The van der Waals surface area contributed by atoms with Crippen molar-refractivity contribution in [2.75, 3.05) is 54.0 Å². The van der Waals surface area contributed by atoms with Crippen LogP contribution in [-0.2, 0) is 0 Å². The lowest BCUT2D eigenvalue weighted by Crippen LogP contribution is -2.47. The molecule has 0 aliphatic carbocycles. The minimum Gasteiger partial charge on any atom is -0.356 e. The second-order valence-electron chi connectivity index (χ2n) is 6.35. The van der Waals surface area contributed by atoms with Gasteiger partial charge in [-0.3, -0.25) is 4.98 Å². The van der Waals surface area contributed by atoms with E-state index >= 15 is 0 Å². The molecule has 2 fully saturated rings. The molecule has 2 aromatic heterocycles. The Balaban J connectivity index is 1.44. The summed E-state index contributed by atoms with van der Waals surface area (Å²) < 4.78 is 0. The zero-order valence-corrected chi connectivity index (χ0v) is 14.1. The number of aromatic nitrogens is 4. The molecule has 0 amide bonds. The smallest absolute Gasteiger partial charge is 0.227 e. The Morgan fingerprint density at radius 3 is 2.21 bits per heavy atom. The number of aryl methyl sites for hydroxylation is 1. The van der Waals surface area contributed by atoms with Gasteiger partial charge in [0.05, 0.1) is 5.69 Å². The molecule has 7 heteroatoms. The van der Waals surface area contributed by atoms with E-state index in [4.69, 9.17) is 4.98 Å². The summed E-state index contributed by atoms with van der Waals surface area (Å²) in [5.74, 6) is 2.89. The van der Waals surface area contributed by atoms with Crippen LogP contribution in [0.25, 0.3) is 0 Å². The fraction of sp³-hybridized carbons (Fsp3) is 0.529. The maximum atomic E-state index is 4.79. The summed E-state index contributed by atoms with van der Waals surface area (Å²) in [6.07, 6.45) is 7.91. The molecule has 0 bridgehead atoms. The van der Waals surface area contributed by atoms with E-state index in [1.807, 2.05) is 19.2 Å². The molecule has 0 atom stereocenters. The highest BCUT2D eigenvalue weighted by atomic mass is 15.3. The Bertz CT molecular complexity index is 691. The Hall–Kier alpha value is -2.44. The summed E-state index contributed by atoms with van der Waals surface area (Å²) in [5.41, 5.74) is 0.984. The summed E-state index contributed by atoms with van der Waals surface area (Å²) in [6, 6.07) is 2.02. The van der Waals surface area contributed by atoms with Crippen LogP contribution >= 0.6 is 0 Å². The van der Waals surface area contributed by atoms with Gasteiger partial charge in [-0.25, -0.2) is 9.97 Å². The average molecular weight is 325 g/mol. The van der Waals surface area contributed by atoms with E-state index < -0.39 is 0 Å². The van der Waals surface area contributed by atoms with Crippen LogP contribution in [0.4, 0.5) is 17.6 Å². The number of hydrogen-bond donors (Lipinski definition) is 0. The lowest BCUT2D eigenvalue weighted by Gasteiger charge is -2.35. The fourth-order valence-corrected chi connectivity index (χ4v) is 3.44. The third-order valence-electron chi connectivity index (χ3n) is 4.78. The van der Waals surface area contributed by atoms with Crippen molar-refractivity contribution in [2.24, 2.45) is 0 Å². The Morgan fingerprint density at radius 2 is 1.46 bits per heavy atom. The van der Waals surface area contributed by atoms with Crippen LogP contribution in [0.2, 0.25) is 0 Å². The lowest BCUT2D eigenvalue weighted by atomic mass is 10.3. The molecule has 7 nitrogen and oxygen atoms in total. The summed E-state index contributed by atoms with van der Waals surface area (Å²) >= 11 is 0. The number of rotatable bonds is 3. The molecule has 0 unspecified atom stereocenters. The SMILES string of the molecule is Cc1nccnc1N1CCN(c2nccc(N3CCCC3)n2)CC1. The largest absolute Gasteiger partial charge is 0.356 e. The van der Waals surface area contributed by atoms with E-state index in [1.165, 1.54) is 12.8 Å². The maximum absolute atomic E-state index is 4.79. The quantitative estimate of drug-likeness (QED) is 0.847. The van der Waals surface area contributed by atoms with Gasteiger partial charge in [-0.15, -0.1) is 0 Å². The molecular weight excluding hydrogens is 302 g/mol. The normalized spacial score (nSPS) is 18.3. The Kier molecular flexibility index (Phi) is 4.15. The fourth-order valence-electron chi connectivity index (χ4n) is 3.44. The molecule has 0 saturated carbocycles. The third-order valence-corrected chi connectivity index (χ3v) is 4.78. The van der Waals surface area contributed by atoms with Gasteiger partial charge in [0.1, 0.15) is 11.6 Å². The van der Waals surface area contributed by atoms with Crippen molar-refractivity contribution in [2.45, 2.75) is 19.8 Å². The van der Waals surface area contributed by atoms with Crippen molar-refractivity contribution in [3.63, 3.8) is 0 Å². The molecule has 4 heterocycles. The van der Waals surface area contributed by atoms with Gasteiger partial charge in [-0.1, -0.05) is 0 Å². The predicted molar refractivity (Wildman–Crippen MR) is 94.7 cm³/mol. The van der Waals surface area contributed by atoms with E-state index in [1.54, 1.807) is 12.4 Å². The number of hydrogen-bond acceptors (Lipinski definition) is 7. The van der Waals surface area contributed by atoms with Gasteiger partial charge in [-0.05, 0) is 25.8 Å². The van der Waals surface area contributed by atoms with Crippen molar-refractivity contribution < 1.29 is 0 Å². The monoisotopic (exact) mass is 325 g/mol. The zero-order chi connectivity index (χ0) is 16.4. The highest BCUT2D eigenvalue weighted by Gasteiger charge is 2.22. The first-order valence-electron chi connectivity index (χ1n) is 8.67. The molecule has 0 N–H and O–H groups in total. The second kappa shape index (κ2) is 6.59. The minimum absolute atomic E-state index is 0.843. The highest BCUT2D eigenvalue weighted by molar-refractivity contribution is 5.47. The standard InChI is InChI=1S/C17H23N7/c1-14-16(19-7-6-18-14)23-10-12-24(13-11-23)17-20-5-4-15(21-17)22-8-2-3-9-22/h4-7H,2-3,8-13H2,1H3. The molecular formula is C17H23N7. The molecule has 0 aromatic carbocycles. The number of nitrogens with zero attached hydrogens (tertiary/aromatic N) is 7. The van der Waals surface area contributed by atoms with Crippen LogP contribution < -0.4 is 14.7 Å². The van der Waals surface area contributed by atoms with Crippen LogP contribution in [0, 0.1) is 6.92 Å². The Labute approximate surface area is 142 Å². The average Bonchev–Trinajstić information content (AvgIpc) is 3.17. The van der Waals surface area contributed by atoms with Gasteiger partial charge in [0.25, 0.3) is 0 Å². The molecule has 126 valence electrons. The minimum atomic E-state index is 0.843. The third kappa shape index (κ3) is 2.98. The van der Waals surface area contributed by atoms with Gasteiger partial charge >= 0.3 is 0 Å². The molecule has 2 saturated heterocycles. The summed E-state index contributed by atoms with van der Waals surface area (Å²) in [5, 5.41) is 0. The summed E-state index contributed by atoms with van der Waals surface area (Å²) in [7, 11) is 0. The van der Waals surface area contributed by atoms with Crippen molar-refractivity contribution in [1.29, 1.82) is 0 Å². The van der Waals surface area contributed by atoms with Crippen molar-refractivity contribution in [1.82, 2.24) is 19.9 Å². The Morgan fingerprint density at radius 1 is 0.750 bits per heavy atom. The van der Waals surface area contributed by atoms with Crippen molar-refractivity contribution in [3.8, 4) is 0 Å². The maximum Gasteiger partial charge on any atom is 0.227 e. The van der Waals surface area contributed by atoms with E-state index in [9.17, 15) is 0 Å². The predicted octanol–water partition coefficient (Wildman–Crippen LogP) is 1.50. The van der Waals surface area contributed by atoms with Crippen molar-refractivity contribution >= 4 is 17.6 Å². The first-order chi connectivity index (χ1) is 11.8. The zero-order valence-electron chi connectivity index (χ0n) is 14.1. The molecule has 2 aliphatic heterocycles. The summed E-state index contributed by atoms with van der Waals surface area (Å²) in [4.78, 5) is 25.0. The second-order valence-corrected chi connectivity index (χ2v) is 6.35. The van der Waals surface area contributed by atoms with Gasteiger partial charge in [0.15, 0.2) is 0 Å². The van der Waals surface area contributed by atoms with Crippen LogP contribution in [-0.4, -0.2) is 59.2 Å². The van der Waals surface area contributed by atoms with Gasteiger partial charge in [0.2, 0.25) is 5.95 Å². The van der Waals surface area contributed by atoms with Crippen molar-refractivity contribution in [3.05, 3.63) is 30.4 Å². The summed E-state index contributed by atoms with van der Waals surface area (Å²) in [6.45, 7) is 7.86. The molecule has 2 aromatic rings. The molecule has 0 spiro atoms. The van der Waals surface area contributed by atoms with Gasteiger partial charge < -0.3 is 14.7 Å². The van der Waals surface area contributed by atoms with E-state index in [-0.39, 0.29) is 0 Å². The first-order valence-corrected chi connectivity index (χ1v) is 8.67. The van der Waals surface area contributed by atoms with Crippen LogP contribution in [0.5, 0.6) is 0 Å².